The minimum Gasteiger partial charge on any atom is -0.501 e. The van der Waals surface area contributed by atoms with Gasteiger partial charge in [-0.3, -0.25) is 0 Å². The smallest absolute Gasteiger partial charge is 0.166 e. The van der Waals surface area contributed by atoms with Gasteiger partial charge < -0.3 is 9.26 Å². The molecule has 0 spiro atoms. The fourth-order valence-electron chi connectivity index (χ4n) is 0.811. The Kier molecular flexibility index (Phi) is 2.53. The van der Waals surface area contributed by atoms with Crippen LogP contribution in [0.4, 0.5) is 0 Å². The predicted molar refractivity (Wildman–Crippen MR) is 46.6 cm³/mol. The van der Waals surface area contributed by atoms with Crippen molar-refractivity contribution in [3.05, 3.63) is 22.8 Å². The second-order valence-corrected chi connectivity index (χ2v) is 2.72. The molecule has 12 heavy (non-hydrogen) atoms. The van der Waals surface area contributed by atoms with Crippen LogP contribution in [0.1, 0.15) is 23.9 Å². The quantitative estimate of drug-likeness (QED) is 0.634. The van der Waals surface area contributed by atoms with Gasteiger partial charge in [0.25, 0.3) is 0 Å². The highest BCUT2D eigenvalue weighted by Crippen LogP contribution is 2.15. The lowest BCUT2D eigenvalue weighted by Gasteiger charge is -1.95. The van der Waals surface area contributed by atoms with Crippen LogP contribution in [0.5, 0.6) is 0 Å². The highest BCUT2D eigenvalue weighted by molar-refractivity contribution is 5.49. The monoisotopic (exact) mass is 167 g/mol. The first kappa shape index (κ1) is 8.84. The van der Waals surface area contributed by atoms with Crippen LogP contribution in [0.3, 0.4) is 0 Å². The van der Waals surface area contributed by atoms with Crippen molar-refractivity contribution in [2.45, 2.75) is 20.8 Å². The van der Waals surface area contributed by atoms with Crippen LogP contribution in [0.2, 0.25) is 0 Å². The average molecular weight is 167 g/mol. The summed E-state index contributed by atoms with van der Waals surface area (Å²) in [4.78, 5) is 0. The van der Waals surface area contributed by atoms with E-state index in [1.807, 2.05) is 26.8 Å². The van der Waals surface area contributed by atoms with Crippen LogP contribution in [0, 0.1) is 13.8 Å². The molecular formula is C9H13NO2. The highest BCUT2D eigenvalue weighted by Gasteiger charge is 2.05. The third-order valence-corrected chi connectivity index (χ3v) is 1.85. The van der Waals surface area contributed by atoms with E-state index in [1.54, 1.807) is 7.11 Å². The number of allylic oxidation sites excluding steroid dienone is 1. The second kappa shape index (κ2) is 3.43. The van der Waals surface area contributed by atoms with Crippen LogP contribution < -0.4 is 0 Å². The van der Waals surface area contributed by atoms with E-state index in [9.17, 15) is 0 Å². The summed E-state index contributed by atoms with van der Waals surface area (Å²) in [6, 6.07) is 0. The first-order chi connectivity index (χ1) is 5.65. The summed E-state index contributed by atoms with van der Waals surface area (Å²) in [7, 11) is 1.63. The molecule has 0 aliphatic rings. The molecule has 0 aromatic carbocycles. The molecule has 0 fully saturated rings. The molecule has 0 aliphatic carbocycles. The summed E-state index contributed by atoms with van der Waals surface area (Å²) in [5, 5.41) is 3.83. The van der Waals surface area contributed by atoms with Crippen molar-refractivity contribution in [2.24, 2.45) is 0 Å². The van der Waals surface area contributed by atoms with Crippen LogP contribution in [0.15, 0.2) is 10.3 Å². The van der Waals surface area contributed by atoms with Gasteiger partial charge in [0, 0.05) is 11.6 Å². The third kappa shape index (κ3) is 1.67. The molecular weight excluding hydrogens is 154 g/mol. The lowest BCUT2D eigenvalue weighted by atomic mass is 10.2. The van der Waals surface area contributed by atoms with Gasteiger partial charge in [-0.15, -0.1) is 0 Å². The number of methoxy groups -OCH3 is 1. The van der Waals surface area contributed by atoms with Crippen molar-refractivity contribution in [3.63, 3.8) is 0 Å². The molecule has 0 unspecified atom stereocenters. The molecule has 0 aliphatic heterocycles. The zero-order valence-corrected chi connectivity index (χ0v) is 7.84. The summed E-state index contributed by atoms with van der Waals surface area (Å²) in [5.41, 5.74) is 1.98. The Morgan fingerprint density at radius 1 is 1.50 bits per heavy atom. The minimum atomic E-state index is 0.770. The molecule has 1 aromatic heterocycles. The Morgan fingerprint density at radius 3 is 2.58 bits per heavy atom. The van der Waals surface area contributed by atoms with Crippen molar-refractivity contribution in [2.75, 3.05) is 7.11 Å². The maximum Gasteiger partial charge on any atom is 0.166 e. The van der Waals surface area contributed by atoms with E-state index < -0.39 is 0 Å². The van der Waals surface area contributed by atoms with E-state index in [4.69, 9.17) is 9.26 Å². The zero-order valence-electron chi connectivity index (χ0n) is 7.84. The van der Waals surface area contributed by atoms with Gasteiger partial charge in [0.1, 0.15) is 0 Å². The number of aryl methyl sites for hydroxylation is 1. The van der Waals surface area contributed by atoms with E-state index >= 15 is 0 Å². The van der Waals surface area contributed by atoms with Crippen LogP contribution >= 0.6 is 0 Å². The Bertz CT molecular complexity index is 299. The normalized spacial score (nSPS) is 11.8. The molecule has 0 saturated carbocycles. The number of aromatic nitrogens is 1. The van der Waals surface area contributed by atoms with Crippen LogP contribution in [-0.2, 0) is 4.74 Å². The predicted octanol–water partition coefficient (Wildman–Crippen LogP) is 2.30. The molecule has 3 heteroatoms. The van der Waals surface area contributed by atoms with Crippen LogP contribution in [0.25, 0.3) is 6.08 Å². The second-order valence-electron chi connectivity index (χ2n) is 2.72. The maximum absolute atomic E-state index is 5.06. The van der Waals surface area contributed by atoms with Crippen molar-refractivity contribution in [1.82, 2.24) is 5.16 Å². The lowest BCUT2D eigenvalue weighted by molar-refractivity contribution is 0.296. The fraction of sp³-hybridized carbons (Fsp3) is 0.444. The molecule has 0 amide bonds. The summed E-state index contributed by atoms with van der Waals surface area (Å²) >= 11 is 0. The first-order valence-electron chi connectivity index (χ1n) is 3.80. The van der Waals surface area contributed by atoms with E-state index in [0.717, 1.165) is 22.8 Å². The summed E-state index contributed by atoms with van der Waals surface area (Å²) < 4.78 is 10.1. The Balaban J connectivity index is 2.97. The van der Waals surface area contributed by atoms with Gasteiger partial charge in [-0.05, 0) is 20.8 Å². The molecule has 0 saturated heterocycles. The standard InChI is InChI=1S/C9H13NO2/c1-6(11-4)5-9-7(2)8(3)10-12-9/h5H,1-4H3/b6-5+. The van der Waals surface area contributed by atoms with Crippen molar-refractivity contribution < 1.29 is 9.26 Å². The Hall–Kier alpha value is -1.25. The first-order valence-corrected chi connectivity index (χ1v) is 3.80. The molecule has 0 atom stereocenters. The summed E-state index contributed by atoms with van der Waals surface area (Å²) in [5.74, 6) is 1.58. The van der Waals surface area contributed by atoms with Crippen LogP contribution in [-0.4, -0.2) is 12.3 Å². The number of hydrogen-bond donors (Lipinski definition) is 0. The Morgan fingerprint density at radius 2 is 2.17 bits per heavy atom. The molecule has 3 nitrogen and oxygen atoms in total. The maximum atomic E-state index is 5.06. The van der Waals surface area contributed by atoms with Crippen molar-refractivity contribution in [3.8, 4) is 0 Å². The van der Waals surface area contributed by atoms with Crippen molar-refractivity contribution >= 4 is 6.08 Å². The highest BCUT2D eigenvalue weighted by atomic mass is 16.5. The molecule has 1 heterocycles. The number of ether oxygens (including phenoxy) is 1. The number of nitrogens with zero attached hydrogens (tertiary/aromatic N) is 1. The fourth-order valence-corrected chi connectivity index (χ4v) is 0.811. The third-order valence-electron chi connectivity index (χ3n) is 1.85. The average Bonchev–Trinajstić information content (AvgIpc) is 2.36. The molecule has 0 N–H and O–H groups in total. The molecule has 0 bridgehead atoms. The van der Waals surface area contributed by atoms with Gasteiger partial charge in [0.05, 0.1) is 18.6 Å². The molecule has 66 valence electrons. The zero-order chi connectivity index (χ0) is 9.14. The van der Waals surface area contributed by atoms with Gasteiger partial charge in [0.15, 0.2) is 5.76 Å². The lowest BCUT2D eigenvalue weighted by Crippen LogP contribution is -1.80. The molecule has 1 aromatic rings. The van der Waals surface area contributed by atoms with E-state index in [1.165, 1.54) is 0 Å². The topological polar surface area (TPSA) is 35.3 Å². The largest absolute Gasteiger partial charge is 0.501 e. The van der Waals surface area contributed by atoms with Gasteiger partial charge >= 0.3 is 0 Å². The SMILES string of the molecule is CO/C(C)=C/c1onc(C)c1C. The number of hydrogen-bond acceptors (Lipinski definition) is 3. The van der Waals surface area contributed by atoms with E-state index in [-0.39, 0.29) is 0 Å². The molecule has 0 radical (unpaired) electrons. The summed E-state index contributed by atoms with van der Waals surface area (Å²) in [6.45, 7) is 5.76. The van der Waals surface area contributed by atoms with E-state index in [2.05, 4.69) is 5.16 Å². The Labute approximate surface area is 72.0 Å². The number of rotatable bonds is 2. The van der Waals surface area contributed by atoms with Crippen molar-refractivity contribution in [1.29, 1.82) is 0 Å². The van der Waals surface area contributed by atoms with Gasteiger partial charge in [0.2, 0.25) is 0 Å². The van der Waals surface area contributed by atoms with Gasteiger partial charge in [-0.2, -0.15) is 0 Å². The summed E-state index contributed by atoms with van der Waals surface area (Å²) in [6.07, 6.45) is 1.83. The van der Waals surface area contributed by atoms with Gasteiger partial charge in [-0.1, -0.05) is 5.16 Å². The van der Waals surface area contributed by atoms with Gasteiger partial charge in [-0.25, -0.2) is 0 Å². The van der Waals surface area contributed by atoms with E-state index in [0.29, 0.717) is 0 Å². The minimum absolute atomic E-state index is 0.770. The molecule has 1 rings (SSSR count).